The Morgan fingerprint density at radius 3 is 1.87 bits per heavy atom. The summed E-state index contributed by atoms with van der Waals surface area (Å²) in [6.45, 7) is 1.29. The Morgan fingerprint density at radius 2 is 1.53 bits per heavy atom. The maximum Gasteiger partial charge on any atom is 0.115 e. The number of halogens is 3. The highest BCUT2D eigenvalue weighted by Gasteiger charge is 2.08. The molecule has 0 amide bonds. The van der Waals surface area contributed by atoms with Crippen LogP contribution in [0.3, 0.4) is 0 Å². The predicted molar refractivity (Wildman–Crippen MR) is 55.3 cm³/mol. The zero-order valence-corrected chi connectivity index (χ0v) is 8.27. The normalized spacial score (nSPS) is 11.2. The van der Waals surface area contributed by atoms with Crippen molar-refractivity contribution in [1.29, 1.82) is 0 Å². The molecule has 1 aromatic carbocycles. The average molecular weight is 213 g/mol. The number of benzene rings is 1. The van der Waals surface area contributed by atoms with E-state index < -0.39 is 20.0 Å². The lowest BCUT2D eigenvalue weighted by atomic mass is 9.98. The van der Waals surface area contributed by atoms with Crippen LogP contribution in [0.25, 0.3) is 6.08 Å². The van der Waals surface area contributed by atoms with Crippen molar-refractivity contribution in [3.05, 3.63) is 47.4 Å². The average Bonchev–Trinajstić information content (AvgIpc) is 2.29. The molecule has 0 N–H and O–H groups in total. The molecule has 1 aromatic rings. The molecule has 0 nitrogen and oxygen atoms in total. The lowest BCUT2D eigenvalue weighted by Crippen LogP contribution is -1.95. The standard InChI is InChI=1S/C12H12F3/c1-2-3-12-10(7-14)4-9(6-13)5-11(12)8-15/h2-5H,1,6-8H2. The maximum absolute atomic E-state index is 12.6. The van der Waals surface area contributed by atoms with E-state index in [1.54, 1.807) is 0 Å². The van der Waals surface area contributed by atoms with Crippen LogP contribution in [0.2, 0.25) is 0 Å². The lowest BCUT2D eigenvalue weighted by Gasteiger charge is -2.09. The summed E-state index contributed by atoms with van der Waals surface area (Å²) < 4.78 is 37.7. The highest BCUT2D eigenvalue weighted by Crippen LogP contribution is 2.22. The van der Waals surface area contributed by atoms with Crippen LogP contribution in [0.4, 0.5) is 13.2 Å². The van der Waals surface area contributed by atoms with Crippen molar-refractivity contribution in [2.75, 3.05) is 0 Å². The third kappa shape index (κ3) is 2.61. The van der Waals surface area contributed by atoms with E-state index in [2.05, 4.69) is 6.92 Å². The van der Waals surface area contributed by atoms with Gasteiger partial charge in [-0.15, -0.1) is 0 Å². The Hall–Kier alpha value is -1.25. The van der Waals surface area contributed by atoms with E-state index in [4.69, 9.17) is 0 Å². The van der Waals surface area contributed by atoms with E-state index in [0.29, 0.717) is 22.3 Å². The number of alkyl halides is 3. The molecule has 0 spiro atoms. The van der Waals surface area contributed by atoms with Crippen molar-refractivity contribution in [3.63, 3.8) is 0 Å². The van der Waals surface area contributed by atoms with Crippen LogP contribution in [-0.4, -0.2) is 0 Å². The fraction of sp³-hybridized carbons (Fsp3) is 0.250. The molecular formula is C12H12F3. The number of hydrogen-bond acceptors (Lipinski definition) is 0. The molecule has 0 aromatic heterocycles. The number of hydrogen-bond donors (Lipinski definition) is 0. The first-order chi connectivity index (χ1) is 7.26. The van der Waals surface area contributed by atoms with Crippen molar-refractivity contribution in [2.45, 2.75) is 20.0 Å². The van der Waals surface area contributed by atoms with Crippen LogP contribution in [0.1, 0.15) is 22.3 Å². The van der Waals surface area contributed by atoms with Crippen LogP contribution in [0, 0.1) is 6.92 Å². The Morgan fingerprint density at radius 1 is 1.00 bits per heavy atom. The quantitative estimate of drug-likeness (QED) is 0.710. The molecule has 1 radical (unpaired) electrons. The molecule has 1 rings (SSSR count). The Kier molecular flexibility index (Phi) is 4.40. The van der Waals surface area contributed by atoms with E-state index in [1.807, 2.05) is 0 Å². The smallest absolute Gasteiger partial charge is 0.115 e. The van der Waals surface area contributed by atoms with E-state index in [-0.39, 0.29) is 0 Å². The zero-order valence-electron chi connectivity index (χ0n) is 8.27. The molecule has 0 aliphatic heterocycles. The molecule has 0 fully saturated rings. The van der Waals surface area contributed by atoms with Gasteiger partial charge in [0.05, 0.1) is 0 Å². The van der Waals surface area contributed by atoms with Gasteiger partial charge in [0, 0.05) is 0 Å². The molecule has 0 aliphatic carbocycles. The van der Waals surface area contributed by atoms with Gasteiger partial charge in [-0.1, -0.05) is 12.2 Å². The van der Waals surface area contributed by atoms with Crippen molar-refractivity contribution in [1.82, 2.24) is 0 Å². The summed E-state index contributed by atoms with van der Waals surface area (Å²) in [5.74, 6) is 0. The molecule has 0 saturated carbocycles. The fourth-order valence-electron chi connectivity index (χ4n) is 1.48. The highest BCUT2D eigenvalue weighted by molar-refractivity contribution is 5.59. The van der Waals surface area contributed by atoms with Gasteiger partial charge in [0.15, 0.2) is 0 Å². The molecule has 81 valence electrons. The molecular weight excluding hydrogens is 201 g/mol. The summed E-state index contributed by atoms with van der Waals surface area (Å²) >= 11 is 0. The van der Waals surface area contributed by atoms with E-state index in [1.165, 1.54) is 24.3 Å². The van der Waals surface area contributed by atoms with Crippen LogP contribution >= 0.6 is 0 Å². The molecule has 0 atom stereocenters. The van der Waals surface area contributed by atoms with Crippen molar-refractivity contribution >= 4 is 6.08 Å². The molecule has 0 bridgehead atoms. The molecule has 0 aliphatic rings. The second-order valence-corrected chi connectivity index (χ2v) is 3.13. The first-order valence-electron chi connectivity index (χ1n) is 4.55. The second kappa shape index (κ2) is 5.59. The zero-order chi connectivity index (χ0) is 11.3. The first-order valence-corrected chi connectivity index (χ1v) is 4.55. The summed E-state index contributed by atoms with van der Waals surface area (Å²) in [7, 11) is 0. The largest absolute Gasteiger partial charge is 0.246 e. The summed E-state index contributed by atoms with van der Waals surface area (Å²) in [4.78, 5) is 0. The van der Waals surface area contributed by atoms with Gasteiger partial charge >= 0.3 is 0 Å². The summed E-state index contributed by atoms with van der Waals surface area (Å²) in [6, 6.07) is 2.82. The predicted octanol–water partition coefficient (Wildman–Crippen LogP) is 3.94. The third-order valence-corrected chi connectivity index (χ3v) is 2.14. The van der Waals surface area contributed by atoms with Gasteiger partial charge in [0.2, 0.25) is 0 Å². The van der Waals surface area contributed by atoms with Crippen LogP contribution < -0.4 is 0 Å². The third-order valence-electron chi connectivity index (χ3n) is 2.14. The Bertz CT molecular complexity index is 331. The maximum atomic E-state index is 12.6. The summed E-state index contributed by atoms with van der Waals surface area (Å²) in [5, 5.41) is 0. The molecule has 0 unspecified atom stereocenters. The van der Waals surface area contributed by atoms with E-state index >= 15 is 0 Å². The van der Waals surface area contributed by atoms with Crippen LogP contribution in [-0.2, 0) is 20.0 Å². The minimum atomic E-state index is -0.736. The van der Waals surface area contributed by atoms with Crippen molar-refractivity contribution < 1.29 is 13.2 Å². The minimum Gasteiger partial charge on any atom is -0.246 e. The van der Waals surface area contributed by atoms with Gasteiger partial charge in [0.1, 0.15) is 20.0 Å². The topological polar surface area (TPSA) is 0 Å². The summed E-state index contributed by atoms with van der Waals surface area (Å²) in [5.41, 5.74) is 1.37. The Labute approximate surface area is 87.4 Å². The van der Waals surface area contributed by atoms with E-state index in [9.17, 15) is 13.2 Å². The Balaban J connectivity index is 3.32. The SMILES string of the molecule is [CH2]C=Cc1c(CF)cc(CF)cc1CF. The number of allylic oxidation sites excluding steroid dienone is 1. The van der Waals surface area contributed by atoms with E-state index in [0.717, 1.165) is 0 Å². The van der Waals surface area contributed by atoms with Gasteiger partial charge in [-0.25, -0.2) is 13.2 Å². The lowest BCUT2D eigenvalue weighted by molar-refractivity contribution is 0.464. The molecule has 3 heteroatoms. The molecule has 15 heavy (non-hydrogen) atoms. The second-order valence-electron chi connectivity index (χ2n) is 3.13. The van der Waals surface area contributed by atoms with Gasteiger partial charge < -0.3 is 0 Å². The van der Waals surface area contributed by atoms with Crippen LogP contribution in [0.15, 0.2) is 18.2 Å². The van der Waals surface area contributed by atoms with Gasteiger partial charge in [-0.2, -0.15) is 0 Å². The molecule has 0 saturated heterocycles. The monoisotopic (exact) mass is 213 g/mol. The minimum absolute atomic E-state index is 0.302. The molecule has 0 heterocycles. The van der Waals surface area contributed by atoms with Gasteiger partial charge in [-0.3, -0.25) is 0 Å². The number of rotatable bonds is 4. The van der Waals surface area contributed by atoms with Crippen LogP contribution in [0.5, 0.6) is 0 Å². The van der Waals surface area contributed by atoms with Gasteiger partial charge in [-0.05, 0) is 41.3 Å². The van der Waals surface area contributed by atoms with Crippen molar-refractivity contribution in [2.24, 2.45) is 0 Å². The summed E-state index contributed by atoms with van der Waals surface area (Å²) in [6.07, 6.45) is 2.99. The van der Waals surface area contributed by atoms with Gasteiger partial charge in [0.25, 0.3) is 0 Å². The highest BCUT2D eigenvalue weighted by atomic mass is 19.1. The fourth-order valence-corrected chi connectivity index (χ4v) is 1.48. The first kappa shape index (κ1) is 11.8. The van der Waals surface area contributed by atoms with Crippen molar-refractivity contribution in [3.8, 4) is 0 Å².